The number of sulfonamides is 1. The summed E-state index contributed by atoms with van der Waals surface area (Å²) in [7, 11) is -0.740. The minimum absolute atomic E-state index is 0.108. The summed E-state index contributed by atoms with van der Waals surface area (Å²) in [5.74, 6) is 1.05. The molecule has 0 amide bonds. The highest BCUT2D eigenvalue weighted by Crippen LogP contribution is 2.30. The minimum Gasteiger partial charge on any atom is -0.497 e. The van der Waals surface area contributed by atoms with Crippen molar-refractivity contribution in [2.24, 2.45) is 0 Å². The van der Waals surface area contributed by atoms with Crippen LogP contribution < -0.4 is 14.2 Å². The summed E-state index contributed by atoms with van der Waals surface area (Å²) in [4.78, 5) is 7.19. The van der Waals surface area contributed by atoms with Crippen molar-refractivity contribution in [1.82, 2.24) is 9.97 Å². The third-order valence-corrected chi connectivity index (χ3v) is 4.72. The Kier molecular flexibility index (Phi) is 3.83. The minimum atomic E-state index is -3.76. The van der Waals surface area contributed by atoms with E-state index in [1.165, 1.54) is 32.7 Å². The molecule has 3 aromatic rings. The molecule has 0 aliphatic rings. The van der Waals surface area contributed by atoms with E-state index in [9.17, 15) is 8.42 Å². The molecule has 0 aliphatic heterocycles. The topological polar surface area (TPSA) is 93.3 Å². The van der Waals surface area contributed by atoms with Crippen LogP contribution >= 0.6 is 0 Å². The molecule has 8 heteroatoms. The quantitative estimate of drug-likeness (QED) is 0.748. The van der Waals surface area contributed by atoms with Gasteiger partial charge in [0.25, 0.3) is 10.0 Å². The van der Waals surface area contributed by atoms with Crippen LogP contribution in [-0.2, 0) is 10.0 Å². The number of anilines is 1. The summed E-state index contributed by atoms with van der Waals surface area (Å²) < 4.78 is 37.9. The van der Waals surface area contributed by atoms with Crippen molar-refractivity contribution in [2.75, 3.05) is 18.9 Å². The van der Waals surface area contributed by atoms with Gasteiger partial charge in [0.2, 0.25) is 0 Å². The van der Waals surface area contributed by atoms with Crippen molar-refractivity contribution >= 4 is 26.7 Å². The number of rotatable bonds is 5. The molecule has 0 fully saturated rings. The Morgan fingerprint density at radius 3 is 2.70 bits per heavy atom. The lowest BCUT2D eigenvalue weighted by atomic mass is 10.2. The number of imidazole rings is 1. The van der Waals surface area contributed by atoms with E-state index < -0.39 is 10.0 Å². The smallest absolute Gasteiger partial charge is 0.262 e. The fourth-order valence-corrected chi connectivity index (χ4v) is 3.33. The standard InChI is InChI=1S/C15H15N3O4S/c1-21-10-4-3-5-11(8-10)23(19,20)18-12-6-7-13(22-2)15-14(12)16-9-17-15/h3-9,18H,1-2H3,(H,16,17). The second kappa shape index (κ2) is 5.81. The normalized spacial score (nSPS) is 11.4. The van der Waals surface area contributed by atoms with Gasteiger partial charge in [-0.25, -0.2) is 13.4 Å². The van der Waals surface area contributed by atoms with Gasteiger partial charge in [0.05, 0.1) is 31.1 Å². The number of hydrogen-bond donors (Lipinski definition) is 2. The first-order valence-electron chi connectivity index (χ1n) is 6.72. The molecule has 7 nitrogen and oxygen atoms in total. The van der Waals surface area contributed by atoms with E-state index in [0.29, 0.717) is 28.2 Å². The Morgan fingerprint density at radius 2 is 1.96 bits per heavy atom. The van der Waals surface area contributed by atoms with Crippen LogP contribution in [0.25, 0.3) is 11.0 Å². The molecular formula is C15H15N3O4S. The zero-order valence-corrected chi connectivity index (χ0v) is 13.3. The highest BCUT2D eigenvalue weighted by molar-refractivity contribution is 7.92. The van der Waals surface area contributed by atoms with Crippen molar-refractivity contribution < 1.29 is 17.9 Å². The third-order valence-electron chi connectivity index (χ3n) is 3.36. The predicted octanol–water partition coefficient (Wildman–Crippen LogP) is 2.38. The van der Waals surface area contributed by atoms with E-state index in [0.717, 1.165) is 0 Å². The second-order valence-corrected chi connectivity index (χ2v) is 6.41. The van der Waals surface area contributed by atoms with Crippen LogP contribution in [0, 0.1) is 0 Å². The molecule has 0 atom stereocenters. The number of nitrogens with one attached hydrogen (secondary N) is 2. The van der Waals surface area contributed by atoms with Crippen molar-refractivity contribution in [1.29, 1.82) is 0 Å². The molecule has 120 valence electrons. The molecule has 0 aliphatic carbocycles. The zero-order chi connectivity index (χ0) is 16.4. The number of aromatic nitrogens is 2. The van der Waals surface area contributed by atoms with Crippen molar-refractivity contribution in [3.63, 3.8) is 0 Å². The summed E-state index contributed by atoms with van der Waals surface area (Å²) in [6, 6.07) is 9.53. The van der Waals surface area contributed by atoms with E-state index in [1.807, 2.05) is 0 Å². The maximum absolute atomic E-state index is 12.6. The van der Waals surface area contributed by atoms with Gasteiger partial charge >= 0.3 is 0 Å². The highest BCUT2D eigenvalue weighted by atomic mass is 32.2. The molecule has 0 bridgehead atoms. The lowest BCUT2D eigenvalue weighted by molar-refractivity contribution is 0.413. The fourth-order valence-electron chi connectivity index (χ4n) is 2.23. The van der Waals surface area contributed by atoms with Crippen LogP contribution in [0.5, 0.6) is 11.5 Å². The fraction of sp³-hybridized carbons (Fsp3) is 0.133. The first-order chi connectivity index (χ1) is 11.0. The number of fused-ring (bicyclic) bond motifs is 1. The van der Waals surface area contributed by atoms with Crippen molar-refractivity contribution in [2.45, 2.75) is 4.90 Å². The lowest BCUT2D eigenvalue weighted by Gasteiger charge is -2.11. The number of H-pyrrole nitrogens is 1. The van der Waals surface area contributed by atoms with E-state index in [2.05, 4.69) is 14.7 Å². The Hall–Kier alpha value is -2.74. The summed E-state index contributed by atoms with van der Waals surface area (Å²) in [6.07, 6.45) is 1.48. The maximum Gasteiger partial charge on any atom is 0.262 e. The maximum atomic E-state index is 12.6. The summed E-state index contributed by atoms with van der Waals surface area (Å²) in [5.41, 5.74) is 1.47. The molecular weight excluding hydrogens is 318 g/mol. The van der Waals surface area contributed by atoms with Gasteiger partial charge in [0.15, 0.2) is 0 Å². The monoisotopic (exact) mass is 333 g/mol. The van der Waals surface area contributed by atoms with E-state index in [4.69, 9.17) is 9.47 Å². The van der Waals surface area contributed by atoms with E-state index >= 15 is 0 Å². The molecule has 2 N–H and O–H groups in total. The first kappa shape index (κ1) is 15.2. The Morgan fingerprint density at radius 1 is 1.13 bits per heavy atom. The van der Waals surface area contributed by atoms with Gasteiger partial charge in [0, 0.05) is 6.07 Å². The van der Waals surface area contributed by atoms with Gasteiger partial charge in [-0.05, 0) is 24.3 Å². The van der Waals surface area contributed by atoms with Crippen molar-refractivity contribution in [3.8, 4) is 11.5 Å². The first-order valence-corrected chi connectivity index (χ1v) is 8.20. The second-order valence-electron chi connectivity index (χ2n) is 4.73. The zero-order valence-electron chi connectivity index (χ0n) is 12.5. The molecule has 2 aromatic carbocycles. The van der Waals surface area contributed by atoms with Crippen LogP contribution in [0.3, 0.4) is 0 Å². The number of aromatic amines is 1. The summed E-state index contributed by atoms with van der Waals surface area (Å²) >= 11 is 0. The molecule has 0 spiro atoms. The van der Waals surface area contributed by atoms with Crippen LogP contribution in [0.4, 0.5) is 5.69 Å². The molecule has 23 heavy (non-hydrogen) atoms. The number of nitrogens with zero attached hydrogens (tertiary/aromatic N) is 1. The van der Waals surface area contributed by atoms with Crippen LogP contribution in [0.2, 0.25) is 0 Å². The molecule has 0 saturated heterocycles. The van der Waals surface area contributed by atoms with Crippen molar-refractivity contribution in [3.05, 3.63) is 42.7 Å². The Balaban J connectivity index is 2.02. The van der Waals surface area contributed by atoms with Crippen LogP contribution in [0.15, 0.2) is 47.6 Å². The average Bonchev–Trinajstić information content (AvgIpc) is 3.05. The van der Waals surface area contributed by atoms with Crippen LogP contribution in [-0.4, -0.2) is 32.6 Å². The molecule has 0 radical (unpaired) electrons. The van der Waals surface area contributed by atoms with Gasteiger partial charge in [0.1, 0.15) is 22.5 Å². The molecule has 3 rings (SSSR count). The SMILES string of the molecule is COc1cccc(S(=O)(=O)Nc2ccc(OC)c3[nH]cnc23)c1. The van der Waals surface area contributed by atoms with Gasteiger partial charge in [-0.1, -0.05) is 6.07 Å². The predicted molar refractivity (Wildman–Crippen MR) is 86.4 cm³/mol. The summed E-state index contributed by atoms with van der Waals surface area (Å²) in [5, 5.41) is 0. The van der Waals surface area contributed by atoms with E-state index in [1.54, 1.807) is 24.3 Å². The van der Waals surface area contributed by atoms with E-state index in [-0.39, 0.29) is 4.90 Å². The molecule has 1 aromatic heterocycles. The highest BCUT2D eigenvalue weighted by Gasteiger charge is 2.18. The third kappa shape index (κ3) is 2.80. The Labute approximate surface area is 133 Å². The molecule has 1 heterocycles. The molecule has 0 unspecified atom stereocenters. The lowest BCUT2D eigenvalue weighted by Crippen LogP contribution is -2.13. The van der Waals surface area contributed by atoms with Gasteiger partial charge < -0.3 is 14.5 Å². The summed E-state index contributed by atoms with van der Waals surface area (Å²) in [6.45, 7) is 0. The van der Waals surface area contributed by atoms with Gasteiger partial charge in [-0.2, -0.15) is 0 Å². The molecule has 0 saturated carbocycles. The van der Waals surface area contributed by atoms with Crippen LogP contribution in [0.1, 0.15) is 0 Å². The van der Waals surface area contributed by atoms with Gasteiger partial charge in [-0.3, -0.25) is 4.72 Å². The number of hydrogen-bond acceptors (Lipinski definition) is 5. The average molecular weight is 333 g/mol. The Bertz CT molecular complexity index is 950. The largest absolute Gasteiger partial charge is 0.497 e. The number of methoxy groups -OCH3 is 2. The van der Waals surface area contributed by atoms with Gasteiger partial charge in [-0.15, -0.1) is 0 Å². The number of ether oxygens (including phenoxy) is 2. The number of benzene rings is 2.